The van der Waals surface area contributed by atoms with Crippen molar-refractivity contribution < 1.29 is 4.79 Å². The van der Waals surface area contributed by atoms with Gasteiger partial charge in [-0.25, -0.2) is 0 Å². The number of carbonyl (C=O) groups excluding carboxylic acids is 1. The Labute approximate surface area is 162 Å². The maximum Gasteiger partial charge on any atom is 0.250 e. The van der Waals surface area contributed by atoms with Gasteiger partial charge in [0, 0.05) is 43.2 Å². The number of hydrogen-bond acceptors (Lipinski definition) is 3. The summed E-state index contributed by atoms with van der Waals surface area (Å²) in [5, 5.41) is 2.87. The van der Waals surface area contributed by atoms with E-state index in [1.54, 1.807) is 26.0 Å². The highest BCUT2D eigenvalue weighted by Crippen LogP contribution is 2.39. The Morgan fingerprint density at radius 2 is 1.96 bits per heavy atom. The number of likely N-dealkylation sites (tertiary alicyclic amines) is 1. The molecule has 1 amide bonds. The number of nitrogens with zero attached hydrogens (tertiary/aromatic N) is 2. The number of pyridine rings is 1. The predicted octanol–water partition coefficient (Wildman–Crippen LogP) is 2.74. The van der Waals surface area contributed by atoms with Gasteiger partial charge < -0.3 is 9.88 Å². The van der Waals surface area contributed by atoms with Gasteiger partial charge in [0.25, 0.3) is 5.56 Å². The molecule has 3 heterocycles. The molecule has 2 bridgehead atoms. The normalized spacial score (nSPS) is 24.7. The highest BCUT2D eigenvalue weighted by atomic mass is 35.6. The average Bonchev–Trinajstić information content (AvgIpc) is 2.52. The molecule has 1 N–H and O–H groups in total. The molecule has 2 aliphatic rings. The summed E-state index contributed by atoms with van der Waals surface area (Å²) in [4.78, 5) is 26.3. The Bertz CT molecular complexity index is 714. The number of nitrogens with one attached hydrogen (secondary N) is 1. The molecule has 0 aromatic carbocycles. The maximum atomic E-state index is 12.2. The van der Waals surface area contributed by atoms with Gasteiger partial charge in [0.2, 0.25) is 9.70 Å². The first-order chi connectivity index (χ1) is 11.7. The fourth-order valence-electron chi connectivity index (χ4n) is 3.83. The minimum atomic E-state index is -1.63. The first-order valence-corrected chi connectivity index (χ1v) is 9.61. The third kappa shape index (κ3) is 4.00. The SMILES string of the molecule is CC(C)C(=O)N[C@@H](N1C[C@@H]2C[C@H](C1)c1cccc(=O)n1C2)C(Cl)(Cl)Cl. The predicted molar refractivity (Wildman–Crippen MR) is 100 cm³/mol. The second-order valence-corrected chi connectivity index (χ2v) is 9.63. The molecule has 25 heavy (non-hydrogen) atoms. The molecule has 138 valence electrons. The zero-order valence-electron chi connectivity index (χ0n) is 14.2. The minimum absolute atomic E-state index is 0.0340. The van der Waals surface area contributed by atoms with Crippen LogP contribution < -0.4 is 10.9 Å². The van der Waals surface area contributed by atoms with Crippen molar-refractivity contribution in [3.8, 4) is 0 Å². The third-order valence-corrected chi connectivity index (χ3v) is 5.61. The first-order valence-electron chi connectivity index (χ1n) is 8.47. The number of fused-ring (bicyclic) bond motifs is 4. The second-order valence-electron chi connectivity index (χ2n) is 7.26. The summed E-state index contributed by atoms with van der Waals surface area (Å²) in [7, 11) is 0. The van der Waals surface area contributed by atoms with Crippen LogP contribution in [-0.2, 0) is 11.3 Å². The summed E-state index contributed by atoms with van der Waals surface area (Å²) in [5.74, 6) is 0.131. The van der Waals surface area contributed by atoms with Gasteiger partial charge in [0.1, 0.15) is 6.17 Å². The number of halogens is 3. The van der Waals surface area contributed by atoms with Crippen LogP contribution in [0.2, 0.25) is 0 Å². The van der Waals surface area contributed by atoms with E-state index in [0.29, 0.717) is 19.6 Å². The van der Waals surface area contributed by atoms with Crippen LogP contribution in [0.4, 0.5) is 0 Å². The van der Waals surface area contributed by atoms with Crippen LogP contribution >= 0.6 is 34.8 Å². The molecule has 0 saturated carbocycles. The smallest absolute Gasteiger partial charge is 0.250 e. The van der Waals surface area contributed by atoms with Crippen LogP contribution in [-0.4, -0.2) is 38.4 Å². The number of carbonyl (C=O) groups is 1. The molecular formula is C17H22Cl3N3O2. The highest BCUT2D eigenvalue weighted by molar-refractivity contribution is 6.68. The van der Waals surface area contributed by atoms with E-state index in [1.165, 1.54) is 0 Å². The van der Waals surface area contributed by atoms with Crippen molar-refractivity contribution in [1.82, 2.24) is 14.8 Å². The van der Waals surface area contributed by atoms with Crippen molar-refractivity contribution in [1.29, 1.82) is 0 Å². The van der Waals surface area contributed by atoms with Crippen molar-refractivity contribution >= 4 is 40.7 Å². The molecule has 0 aliphatic carbocycles. The van der Waals surface area contributed by atoms with Gasteiger partial charge in [0.05, 0.1) is 0 Å². The highest BCUT2D eigenvalue weighted by Gasteiger charge is 2.44. The Balaban J connectivity index is 1.86. The fourth-order valence-corrected chi connectivity index (χ4v) is 4.40. The molecule has 3 atom stereocenters. The first kappa shape index (κ1) is 19.0. The van der Waals surface area contributed by atoms with Crippen molar-refractivity contribution in [2.45, 2.75) is 42.7 Å². The topological polar surface area (TPSA) is 54.3 Å². The summed E-state index contributed by atoms with van der Waals surface area (Å²) in [6.07, 6.45) is 0.310. The monoisotopic (exact) mass is 405 g/mol. The molecule has 8 heteroatoms. The number of piperidine rings is 1. The number of aromatic nitrogens is 1. The van der Waals surface area contributed by atoms with Crippen molar-refractivity contribution in [2.75, 3.05) is 13.1 Å². The lowest BCUT2D eigenvalue weighted by atomic mass is 9.83. The Kier molecular flexibility index (Phi) is 5.41. The minimum Gasteiger partial charge on any atom is -0.336 e. The lowest BCUT2D eigenvalue weighted by Gasteiger charge is -2.47. The van der Waals surface area contributed by atoms with Crippen LogP contribution in [0.3, 0.4) is 0 Å². The fraction of sp³-hybridized carbons (Fsp3) is 0.647. The molecule has 1 aromatic heterocycles. The van der Waals surface area contributed by atoms with E-state index in [9.17, 15) is 9.59 Å². The molecule has 0 spiro atoms. The summed E-state index contributed by atoms with van der Waals surface area (Å²) in [5.41, 5.74) is 1.05. The Morgan fingerprint density at radius 1 is 1.24 bits per heavy atom. The lowest BCUT2D eigenvalue weighted by Crippen LogP contribution is -2.60. The zero-order chi connectivity index (χ0) is 18.4. The van der Waals surface area contributed by atoms with Gasteiger partial charge >= 0.3 is 0 Å². The molecule has 2 aliphatic heterocycles. The Hall–Kier alpha value is -0.750. The molecule has 0 radical (unpaired) electrons. The van der Waals surface area contributed by atoms with E-state index < -0.39 is 9.96 Å². The van der Waals surface area contributed by atoms with Gasteiger partial charge in [-0.1, -0.05) is 54.7 Å². The van der Waals surface area contributed by atoms with E-state index in [4.69, 9.17) is 34.8 Å². The zero-order valence-corrected chi connectivity index (χ0v) is 16.5. The average molecular weight is 407 g/mol. The molecule has 0 unspecified atom stereocenters. The van der Waals surface area contributed by atoms with Gasteiger partial charge in [-0.3, -0.25) is 14.5 Å². The summed E-state index contributed by atoms with van der Waals surface area (Å²) in [6, 6.07) is 5.37. The molecule has 1 saturated heterocycles. The lowest BCUT2D eigenvalue weighted by molar-refractivity contribution is -0.126. The summed E-state index contributed by atoms with van der Waals surface area (Å²) >= 11 is 18.5. The maximum absolute atomic E-state index is 12.2. The van der Waals surface area contributed by atoms with Crippen LogP contribution in [0.5, 0.6) is 0 Å². The van der Waals surface area contributed by atoms with E-state index >= 15 is 0 Å². The molecule has 1 fully saturated rings. The van der Waals surface area contributed by atoms with Gasteiger partial charge in [0.15, 0.2) is 0 Å². The second kappa shape index (κ2) is 7.10. The summed E-state index contributed by atoms with van der Waals surface area (Å²) in [6.45, 7) is 5.58. The van der Waals surface area contributed by atoms with Crippen molar-refractivity contribution in [3.63, 3.8) is 0 Å². The number of rotatable bonds is 3. The van der Waals surface area contributed by atoms with Crippen molar-refractivity contribution in [2.24, 2.45) is 11.8 Å². The van der Waals surface area contributed by atoms with E-state index in [1.807, 2.05) is 15.5 Å². The quantitative estimate of drug-likeness (QED) is 0.785. The van der Waals surface area contributed by atoms with Crippen molar-refractivity contribution in [3.05, 3.63) is 34.2 Å². The van der Waals surface area contributed by atoms with Crippen LogP contribution in [0.15, 0.2) is 23.0 Å². The Morgan fingerprint density at radius 3 is 2.60 bits per heavy atom. The van der Waals surface area contributed by atoms with Crippen LogP contribution in [0, 0.1) is 11.8 Å². The number of alkyl halides is 3. The van der Waals surface area contributed by atoms with E-state index in [-0.39, 0.29) is 29.2 Å². The molecular weight excluding hydrogens is 385 g/mol. The van der Waals surface area contributed by atoms with Gasteiger partial charge in [-0.2, -0.15) is 0 Å². The van der Waals surface area contributed by atoms with Gasteiger partial charge in [-0.05, 0) is 18.4 Å². The van der Waals surface area contributed by atoms with Crippen LogP contribution in [0.25, 0.3) is 0 Å². The van der Waals surface area contributed by atoms with E-state index in [0.717, 1.165) is 12.1 Å². The number of hydrogen-bond donors (Lipinski definition) is 1. The largest absolute Gasteiger partial charge is 0.336 e. The van der Waals surface area contributed by atoms with E-state index in [2.05, 4.69) is 5.32 Å². The third-order valence-electron chi connectivity index (χ3n) is 4.99. The number of amides is 1. The molecule has 5 nitrogen and oxygen atoms in total. The molecule has 3 rings (SSSR count). The molecule has 1 aromatic rings. The standard InChI is InChI=1S/C17H22Cl3N3O2/c1-10(2)15(25)21-16(17(18,19)20)22-7-11-6-12(9-22)13-4-3-5-14(24)23(13)8-11/h3-5,10-12,16H,6-9H2,1-2H3,(H,21,25)/t11-,12+,16-/m0/s1. The van der Waals surface area contributed by atoms with Gasteiger partial charge in [-0.15, -0.1) is 0 Å². The summed E-state index contributed by atoms with van der Waals surface area (Å²) < 4.78 is 0.222. The van der Waals surface area contributed by atoms with Crippen LogP contribution in [0.1, 0.15) is 31.9 Å².